The summed E-state index contributed by atoms with van der Waals surface area (Å²) in [5.41, 5.74) is 3.03. The van der Waals surface area contributed by atoms with Gasteiger partial charge in [-0.25, -0.2) is 0 Å². The Morgan fingerprint density at radius 3 is 2.63 bits per heavy atom. The lowest BCUT2D eigenvalue weighted by atomic mass is 9.98. The Kier molecular flexibility index (Phi) is 5.00. The highest BCUT2D eigenvalue weighted by atomic mass is 32.1. The first-order chi connectivity index (χ1) is 9.17. The second-order valence-electron chi connectivity index (χ2n) is 5.44. The van der Waals surface area contributed by atoms with Crippen molar-refractivity contribution in [1.29, 1.82) is 0 Å². The summed E-state index contributed by atoms with van der Waals surface area (Å²) in [4.78, 5) is 1.53. The molecule has 1 nitrogen and oxygen atoms in total. The monoisotopic (exact) mass is 275 g/mol. The molecule has 104 valence electrons. The summed E-state index contributed by atoms with van der Waals surface area (Å²) in [7, 11) is 0. The minimum Gasteiger partial charge on any atom is -0.312 e. The molecule has 0 amide bonds. The van der Waals surface area contributed by atoms with Gasteiger partial charge in [-0.2, -0.15) is 0 Å². The molecule has 1 aromatic carbocycles. The summed E-state index contributed by atoms with van der Waals surface area (Å²) in [5.74, 6) is 0.607. The van der Waals surface area contributed by atoms with Gasteiger partial charge in [-0.3, -0.25) is 0 Å². The highest BCUT2D eigenvalue weighted by Gasteiger charge is 2.12. The van der Waals surface area contributed by atoms with E-state index in [2.05, 4.69) is 51.2 Å². The molecule has 0 radical (unpaired) electrons. The Hall–Kier alpha value is -0.860. The number of hydrogen-bond donors (Lipinski definition) is 1. The fraction of sp³-hybridized carbons (Fsp3) is 0.529. The Morgan fingerprint density at radius 1 is 1.21 bits per heavy atom. The van der Waals surface area contributed by atoms with Crippen molar-refractivity contribution < 1.29 is 0 Å². The van der Waals surface area contributed by atoms with E-state index in [1.54, 1.807) is 5.56 Å². The molecular weight excluding hydrogens is 250 g/mol. The van der Waals surface area contributed by atoms with E-state index in [1.807, 2.05) is 11.3 Å². The molecule has 1 aromatic heterocycles. The molecule has 0 saturated carbocycles. The molecule has 0 unspecified atom stereocenters. The number of thiophene rings is 1. The Balaban J connectivity index is 2.48. The molecule has 0 fully saturated rings. The second kappa shape index (κ2) is 6.53. The number of aryl methyl sites for hydroxylation is 1. The van der Waals surface area contributed by atoms with E-state index in [1.165, 1.54) is 33.4 Å². The highest BCUT2D eigenvalue weighted by Crippen LogP contribution is 2.34. The van der Waals surface area contributed by atoms with Gasteiger partial charge in [0.05, 0.1) is 0 Å². The van der Waals surface area contributed by atoms with Gasteiger partial charge in [-0.1, -0.05) is 40.2 Å². The number of rotatable bonds is 6. The smallest absolute Gasteiger partial charge is 0.0349 e. The first-order valence-corrected chi connectivity index (χ1v) is 8.23. The summed E-state index contributed by atoms with van der Waals surface area (Å²) < 4.78 is 1.45. The molecule has 0 aliphatic carbocycles. The van der Waals surface area contributed by atoms with Crippen LogP contribution in [0.15, 0.2) is 18.2 Å². The summed E-state index contributed by atoms with van der Waals surface area (Å²) in [6.07, 6.45) is 2.42. The minimum absolute atomic E-state index is 0.607. The van der Waals surface area contributed by atoms with Gasteiger partial charge in [0.25, 0.3) is 0 Å². The average Bonchev–Trinajstić information content (AvgIpc) is 2.74. The lowest BCUT2D eigenvalue weighted by molar-refractivity contribution is 0.728. The SMILES string of the molecule is CCCc1c(CNCC)sc2ccc(C(C)C)cc12. The van der Waals surface area contributed by atoms with Gasteiger partial charge in [0, 0.05) is 16.1 Å². The number of fused-ring (bicyclic) bond motifs is 1. The Bertz CT molecular complexity index is 539. The van der Waals surface area contributed by atoms with Crippen molar-refractivity contribution in [3.63, 3.8) is 0 Å². The molecule has 0 bridgehead atoms. The van der Waals surface area contributed by atoms with Gasteiger partial charge in [-0.05, 0) is 47.5 Å². The van der Waals surface area contributed by atoms with Crippen LogP contribution in [-0.4, -0.2) is 6.54 Å². The van der Waals surface area contributed by atoms with E-state index in [0.717, 1.165) is 13.1 Å². The van der Waals surface area contributed by atoms with Gasteiger partial charge < -0.3 is 5.32 Å². The maximum atomic E-state index is 3.47. The minimum atomic E-state index is 0.607. The zero-order valence-electron chi connectivity index (χ0n) is 12.5. The standard InChI is InChI=1S/C17H25NS/c1-5-7-14-15-10-13(12(3)4)8-9-16(15)19-17(14)11-18-6-2/h8-10,12,18H,5-7,11H2,1-4H3. The predicted molar refractivity (Wildman–Crippen MR) is 87.3 cm³/mol. The van der Waals surface area contributed by atoms with E-state index in [0.29, 0.717) is 5.92 Å². The third-order valence-corrected chi connectivity index (χ3v) is 4.81. The van der Waals surface area contributed by atoms with Crippen LogP contribution in [0.1, 0.15) is 56.0 Å². The number of nitrogens with one attached hydrogen (secondary N) is 1. The van der Waals surface area contributed by atoms with Crippen molar-refractivity contribution in [1.82, 2.24) is 5.32 Å². The van der Waals surface area contributed by atoms with Gasteiger partial charge >= 0.3 is 0 Å². The molecule has 0 aliphatic heterocycles. The van der Waals surface area contributed by atoms with E-state index < -0.39 is 0 Å². The summed E-state index contributed by atoms with van der Waals surface area (Å²) in [6, 6.07) is 7.01. The van der Waals surface area contributed by atoms with Crippen LogP contribution in [-0.2, 0) is 13.0 Å². The molecule has 0 atom stereocenters. The lowest BCUT2D eigenvalue weighted by Gasteiger charge is -2.07. The zero-order valence-corrected chi connectivity index (χ0v) is 13.4. The molecule has 0 spiro atoms. The maximum absolute atomic E-state index is 3.47. The number of benzene rings is 1. The van der Waals surface area contributed by atoms with Crippen molar-refractivity contribution in [3.8, 4) is 0 Å². The maximum Gasteiger partial charge on any atom is 0.0349 e. The molecular formula is C17H25NS. The molecule has 1 heterocycles. The molecule has 0 saturated heterocycles. The third kappa shape index (κ3) is 3.18. The Morgan fingerprint density at radius 2 is 2.00 bits per heavy atom. The van der Waals surface area contributed by atoms with Gasteiger partial charge in [0.2, 0.25) is 0 Å². The van der Waals surface area contributed by atoms with Crippen LogP contribution in [0.2, 0.25) is 0 Å². The molecule has 19 heavy (non-hydrogen) atoms. The van der Waals surface area contributed by atoms with Crippen LogP contribution >= 0.6 is 11.3 Å². The second-order valence-corrected chi connectivity index (χ2v) is 6.58. The first-order valence-electron chi connectivity index (χ1n) is 7.42. The van der Waals surface area contributed by atoms with Gasteiger partial charge in [-0.15, -0.1) is 11.3 Å². The van der Waals surface area contributed by atoms with E-state index in [-0.39, 0.29) is 0 Å². The molecule has 1 N–H and O–H groups in total. The van der Waals surface area contributed by atoms with Crippen LogP contribution in [0, 0.1) is 0 Å². The average molecular weight is 275 g/mol. The number of hydrogen-bond acceptors (Lipinski definition) is 2. The largest absolute Gasteiger partial charge is 0.312 e. The van der Waals surface area contributed by atoms with Crippen LogP contribution < -0.4 is 5.32 Å². The fourth-order valence-corrected chi connectivity index (χ4v) is 3.68. The summed E-state index contributed by atoms with van der Waals surface area (Å²) in [5, 5.41) is 4.96. The van der Waals surface area contributed by atoms with Gasteiger partial charge in [0.1, 0.15) is 0 Å². The summed E-state index contributed by atoms with van der Waals surface area (Å²) >= 11 is 1.96. The normalized spacial score (nSPS) is 11.6. The molecule has 0 aliphatic rings. The van der Waals surface area contributed by atoms with Crippen molar-refractivity contribution in [2.24, 2.45) is 0 Å². The van der Waals surface area contributed by atoms with Crippen LogP contribution in [0.5, 0.6) is 0 Å². The van der Waals surface area contributed by atoms with Gasteiger partial charge in [0.15, 0.2) is 0 Å². The van der Waals surface area contributed by atoms with Crippen LogP contribution in [0.3, 0.4) is 0 Å². The molecule has 2 rings (SSSR count). The van der Waals surface area contributed by atoms with Crippen molar-refractivity contribution in [2.45, 2.75) is 53.0 Å². The van der Waals surface area contributed by atoms with Crippen molar-refractivity contribution in [2.75, 3.05) is 6.54 Å². The molecule has 2 aromatic rings. The zero-order chi connectivity index (χ0) is 13.8. The van der Waals surface area contributed by atoms with E-state index in [9.17, 15) is 0 Å². The Labute approximate surface area is 121 Å². The van der Waals surface area contributed by atoms with Crippen LogP contribution in [0.25, 0.3) is 10.1 Å². The lowest BCUT2D eigenvalue weighted by Crippen LogP contribution is -2.11. The first kappa shape index (κ1) is 14.5. The topological polar surface area (TPSA) is 12.0 Å². The van der Waals surface area contributed by atoms with Crippen molar-refractivity contribution >= 4 is 21.4 Å². The molecule has 2 heteroatoms. The summed E-state index contributed by atoms with van der Waals surface area (Å²) in [6.45, 7) is 11.0. The third-order valence-electron chi connectivity index (χ3n) is 3.60. The quantitative estimate of drug-likeness (QED) is 0.774. The highest BCUT2D eigenvalue weighted by molar-refractivity contribution is 7.19. The van der Waals surface area contributed by atoms with E-state index >= 15 is 0 Å². The fourth-order valence-electron chi connectivity index (χ4n) is 2.48. The predicted octanol–water partition coefficient (Wildman–Crippen LogP) is 5.09. The van der Waals surface area contributed by atoms with Crippen molar-refractivity contribution in [3.05, 3.63) is 34.2 Å². The van der Waals surface area contributed by atoms with E-state index in [4.69, 9.17) is 0 Å². The van der Waals surface area contributed by atoms with Crippen LogP contribution in [0.4, 0.5) is 0 Å².